The molecule has 0 fully saturated rings. The molecule has 0 aliphatic rings. The monoisotopic (exact) mass is 715 g/mol. The molecular weight excluding hydrogens is 614 g/mol. The molecule has 0 unspecified atom stereocenters. The van der Waals surface area contributed by atoms with E-state index in [4.69, 9.17) is 0 Å². The van der Waals surface area contributed by atoms with Crippen molar-refractivity contribution < 1.29 is 0 Å². The van der Waals surface area contributed by atoms with Gasteiger partial charge in [0.25, 0.3) is 0 Å². The maximum atomic E-state index is 2.95. The molecule has 0 nitrogen and oxygen atoms in total. The summed E-state index contributed by atoms with van der Waals surface area (Å²) in [5, 5.41) is 0. The van der Waals surface area contributed by atoms with Crippen LogP contribution in [-0.4, -0.2) is 51.3 Å². The average molecular weight is 715 g/mol. The van der Waals surface area contributed by atoms with Crippen molar-refractivity contribution in [2.45, 2.75) is 246 Å². The van der Waals surface area contributed by atoms with E-state index in [0.717, 1.165) is 0 Å². The van der Waals surface area contributed by atoms with Crippen molar-refractivity contribution in [2.24, 2.45) is 0 Å². The normalized spacial score (nSPS) is 14.2. The Bertz CT molecular complexity index is 680. The molecule has 0 radical (unpaired) electrons. The summed E-state index contributed by atoms with van der Waals surface area (Å²) < 4.78 is 0. The molecule has 0 saturated carbocycles. The second kappa shape index (κ2) is 30.3. The average Bonchev–Trinajstić information content (AvgIpc) is 3.06. The third kappa shape index (κ3) is 22.0. The Morgan fingerprint density at radius 2 is 0.333 bits per heavy atom. The minimum atomic E-state index is -1.77. The van der Waals surface area contributed by atoms with Crippen molar-refractivity contribution in [2.75, 3.05) is 51.3 Å². The fourth-order valence-electron chi connectivity index (χ4n) is 8.87. The summed E-state index contributed by atoms with van der Waals surface area (Å²) in [7, 11) is 0. The van der Waals surface area contributed by atoms with E-state index >= 15 is 0 Å². The minimum absolute atomic E-state index is 1.37. The van der Waals surface area contributed by atoms with Gasteiger partial charge in [0.1, 0.15) is 0 Å². The summed E-state index contributed by atoms with van der Waals surface area (Å²) in [6.07, 6.45) is 53.0. The Labute approximate surface area is 308 Å². The molecule has 0 rings (SSSR count). The van der Waals surface area contributed by atoms with Crippen molar-refractivity contribution in [3.05, 3.63) is 0 Å². The molecule has 0 heterocycles. The second-order valence-electron chi connectivity index (χ2n) is 18.7. The van der Waals surface area contributed by atoms with Crippen LogP contribution in [0.2, 0.25) is 0 Å². The van der Waals surface area contributed by atoms with Crippen LogP contribution < -0.4 is 0 Å². The van der Waals surface area contributed by atoms with Gasteiger partial charge in [-0.2, -0.15) is 0 Å². The fourth-order valence-corrected chi connectivity index (χ4v) is 27.0. The SMILES string of the molecule is CCCCCCCCCCCCCCCCCCP(C)(C)(CCCC)P(C)(C)(CCCC)CCCCCCCCCCCCCCCC. The summed E-state index contributed by atoms with van der Waals surface area (Å²) in [6.45, 7) is 21.3. The van der Waals surface area contributed by atoms with Crippen molar-refractivity contribution in [3.8, 4) is 0 Å². The first-order valence-electron chi connectivity index (χ1n) is 23.1. The topological polar surface area (TPSA) is 0 Å². The van der Waals surface area contributed by atoms with E-state index < -0.39 is 12.6 Å². The molecule has 0 aromatic rings. The maximum absolute atomic E-state index is 2.95. The molecule has 0 amide bonds. The second-order valence-corrected chi connectivity index (χ2v) is 39.2. The quantitative estimate of drug-likeness (QED) is 0.0439. The first kappa shape index (κ1) is 48.9. The number of unbranched alkanes of at least 4 members (excludes halogenated alkanes) is 30. The van der Waals surface area contributed by atoms with Gasteiger partial charge in [-0.05, 0) is 0 Å². The van der Waals surface area contributed by atoms with E-state index in [1.54, 1.807) is 24.6 Å². The molecule has 0 saturated heterocycles. The first-order chi connectivity index (χ1) is 23.1. The van der Waals surface area contributed by atoms with Gasteiger partial charge in [0.15, 0.2) is 0 Å². The standard InChI is InChI=1S/C46H100P2/c1-9-13-17-19-21-23-25-27-29-30-32-34-36-38-40-42-46-48(7,8,44-16-12-4)47(5,6,43-15-11-3)45-41-39-37-35-33-31-28-26-24-22-20-18-14-10-2/h9-46H2,1-8H3. The van der Waals surface area contributed by atoms with Crippen molar-refractivity contribution in [1.29, 1.82) is 0 Å². The van der Waals surface area contributed by atoms with Gasteiger partial charge < -0.3 is 0 Å². The van der Waals surface area contributed by atoms with Crippen LogP contribution in [0.1, 0.15) is 246 Å². The van der Waals surface area contributed by atoms with Gasteiger partial charge in [0.2, 0.25) is 0 Å². The van der Waals surface area contributed by atoms with E-state index in [1.807, 2.05) is 0 Å². The predicted octanol–water partition coefficient (Wildman–Crippen LogP) is 17.9. The fraction of sp³-hybridized carbons (Fsp3) is 1.00. The van der Waals surface area contributed by atoms with Gasteiger partial charge >= 0.3 is 245 Å². The molecule has 0 atom stereocenters. The summed E-state index contributed by atoms with van der Waals surface area (Å²) in [6, 6.07) is 0. The Kier molecular flexibility index (Phi) is 30.9. The Hall–Kier alpha value is 0.860. The molecular formula is C46H100P2. The predicted molar refractivity (Wildman–Crippen MR) is 237 cm³/mol. The number of rotatable bonds is 39. The smallest absolute Gasteiger partial charge is 0.0654 e. The molecule has 0 bridgehead atoms. The van der Waals surface area contributed by atoms with Gasteiger partial charge in [-0.25, -0.2) is 0 Å². The Balaban J connectivity index is 4.55. The third-order valence-electron chi connectivity index (χ3n) is 13.7. The molecule has 2 heteroatoms. The van der Waals surface area contributed by atoms with Gasteiger partial charge in [0.05, 0.1) is 0 Å². The third-order valence-corrected chi connectivity index (χ3v) is 41.7. The van der Waals surface area contributed by atoms with Crippen LogP contribution in [0.3, 0.4) is 0 Å². The van der Waals surface area contributed by atoms with Gasteiger partial charge in [-0.1, -0.05) is 65.2 Å². The van der Waals surface area contributed by atoms with Crippen molar-refractivity contribution in [1.82, 2.24) is 0 Å². The number of hydrogen-bond acceptors (Lipinski definition) is 0. The van der Waals surface area contributed by atoms with E-state index in [2.05, 4.69) is 54.4 Å². The van der Waals surface area contributed by atoms with Gasteiger partial charge in [-0.3, -0.25) is 0 Å². The van der Waals surface area contributed by atoms with Gasteiger partial charge in [-0.15, -0.1) is 0 Å². The van der Waals surface area contributed by atoms with Crippen LogP contribution in [0.5, 0.6) is 0 Å². The van der Waals surface area contributed by atoms with Gasteiger partial charge in [0, 0.05) is 0 Å². The Morgan fingerprint density at radius 1 is 0.188 bits per heavy atom. The van der Waals surface area contributed by atoms with Crippen LogP contribution in [0.15, 0.2) is 0 Å². The molecule has 48 heavy (non-hydrogen) atoms. The molecule has 0 N–H and O–H groups in total. The summed E-state index contributed by atoms with van der Waals surface area (Å²) >= 11 is 0. The molecule has 294 valence electrons. The van der Waals surface area contributed by atoms with E-state index in [1.165, 1.54) is 218 Å². The summed E-state index contributed by atoms with van der Waals surface area (Å²) in [5.74, 6) is 0. The zero-order valence-electron chi connectivity index (χ0n) is 35.8. The zero-order chi connectivity index (χ0) is 35.8. The van der Waals surface area contributed by atoms with Crippen LogP contribution >= 0.6 is 12.6 Å². The van der Waals surface area contributed by atoms with Crippen molar-refractivity contribution in [3.63, 3.8) is 0 Å². The summed E-state index contributed by atoms with van der Waals surface area (Å²) in [4.78, 5) is 0. The molecule has 0 aliphatic heterocycles. The minimum Gasteiger partial charge on any atom is -0.0654 e. The van der Waals surface area contributed by atoms with Crippen LogP contribution in [-0.2, 0) is 0 Å². The van der Waals surface area contributed by atoms with Crippen molar-refractivity contribution >= 4 is 12.6 Å². The van der Waals surface area contributed by atoms with E-state index in [0.29, 0.717) is 0 Å². The number of hydrogen-bond donors (Lipinski definition) is 0. The summed E-state index contributed by atoms with van der Waals surface area (Å²) in [5.41, 5.74) is 0. The molecule has 0 aromatic carbocycles. The molecule has 0 spiro atoms. The van der Waals surface area contributed by atoms with Crippen LogP contribution in [0, 0.1) is 0 Å². The van der Waals surface area contributed by atoms with Crippen LogP contribution in [0.25, 0.3) is 0 Å². The van der Waals surface area contributed by atoms with E-state index in [-0.39, 0.29) is 0 Å². The molecule has 0 aromatic heterocycles. The van der Waals surface area contributed by atoms with Crippen LogP contribution in [0.4, 0.5) is 0 Å². The first-order valence-corrected chi connectivity index (χ1v) is 30.8. The molecule has 0 aliphatic carbocycles. The zero-order valence-corrected chi connectivity index (χ0v) is 37.6. The van der Waals surface area contributed by atoms with E-state index in [9.17, 15) is 0 Å². The Morgan fingerprint density at radius 3 is 0.521 bits per heavy atom.